The molecule has 1 aliphatic rings. The summed E-state index contributed by atoms with van der Waals surface area (Å²) < 4.78 is 10.9. The summed E-state index contributed by atoms with van der Waals surface area (Å²) in [6.07, 6.45) is 2.84. The lowest BCUT2D eigenvalue weighted by Gasteiger charge is -2.36. The molecule has 3 aromatic carbocycles. The largest absolute Gasteiger partial charge is 0.508 e. The smallest absolute Gasteiger partial charge is 0.248 e. The number of nitrogens with one attached hydrogen (secondary N) is 11. The van der Waals surface area contributed by atoms with Crippen LogP contribution in [-0.4, -0.2) is 219 Å². The Balaban J connectivity index is 1.03. The van der Waals surface area contributed by atoms with E-state index >= 15 is 0 Å². The molecular formula is C77H108N14O17S2. The van der Waals surface area contributed by atoms with Gasteiger partial charge in [0.05, 0.1) is 38.9 Å². The topological polar surface area (TPSA) is 462 Å². The molecule has 1 saturated heterocycles. The van der Waals surface area contributed by atoms with E-state index in [1.807, 2.05) is 24.3 Å². The molecule has 31 nitrogen and oxygen atoms in total. The maximum atomic E-state index is 14.6. The number of primary amides is 1. The van der Waals surface area contributed by atoms with Crippen molar-refractivity contribution in [2.45, 2.75) is 185 Å². The predicted molar refractivity (Wildman–Crippen MR) is 416 cm³/mol. The standard InChI is InChI=1S/C77H108N14O17S2/c1-12-55(67(99)86-59(65(78)98)43-110-42-50-17-13-16-49(35-50)41-109-33-28-61(95)88-64(75(5,6)7)71(103)85-58(37-48-22-26-53(94)27-23-48)72(104)91-30-15-19-60(91)70(102)79-10)87-74(106)77(9,45(2)3)90-69(101)56(36-47-20-24-52(93)25-21-47)84-63(97)40-82-73(105)76(8,44-108-32-31-107-11)89-68(100)57(83-62(96)34-46(4)92)38-51-39-81-66-54(51)18-14-29-80-66/h13-14,16-18,20-27,29,35,39,45-46,55-60,64,92-94H,12,15,19,28,30-34,36-38,40-44H2,1-11H3,(H2,78,98)(H,79,102)(H,80,81)(H,82,105)(H,83,96)(H,84,97)(H,85,103)(H,86,99)(H,87,106)(H,88,95)(H,89,100)(H,90,101)/t46-,55+,56+,57+,58+,59-,60+,64-,76?,77+/m1/s1. The molecule has 0 radical (unpaired) electrons. The molecule has 0 spiro atoms. The first-order chi connectivity index (χ1) is 52.1. The fraction of sp³-hybridized carbons (Fsp3) is 0.519. The van der Waals surface area contributed by atoms with Crippen LogP contribution in [0.2, 0.25) is 0 Å². The van der Waals surface area contributed by atoms with Gasteiger partial charge in [0, 0.05) is 87.2 Å². The lowest BCUT2D eigenvalue weighted by atomic mass is 9.85. The number of fused-ring (bicyclic) bond motifs is 1. The highest BCUT2D eigenvalue weighted by atomic mass is 32.2. The number of likely N-dealkylation sites (tertiary alicyclic amines) is 1. The summed E-state index contributed by atoms with van der Waals surface area (Å²) in [5.74, 6) is -7.47. The van der Waals surface area contributed by atoms with Crippen molar-refractivity contribution in [3.63, 3.8) is 0 Å². The van der Waals surface area contributed by atoms with E-state index in [1.165, 1.54) is 99.8 Å². The van der Waals surface area contributed by atoms with Crippen molar-refractivity contribution in [2.24, 2.45) is 17.1 Å². The number of methoxy groups -OCH3 is 1. The lowest BCUT2D eigenvalue weighted by molar-refractivity contribution is -0.142. The molecule has 1 fully saturated rings. The third kappa shape index (κ3) is 27.0. The van der Waals surface area contributed by atoms with Crippen LogP contribution in [0.3, 0.4) is 0 Å². The summed E-state index contributed by atoms with van der Waals surface area (Å²) in [4.78, 5) is 175. The van der Waals surface area contributed by atoms with Gasteiger partial charge in [-0.15, -0.1) is 0 Å². The van der Waals surface area contributed by atoms with Gasteiger partial charge in [0.2, 0.25) is 70.9 Å². The number of phenolic OH excluding ortho intramolecular Hbond substituents is 2. The Morgan fingerprint density at radius 1 is 0.673 bits per heavy atom. The van der Waals surface area contributed by atoms with Crippen LogP contribution in [0.1, 0.15) is 122 Å². The Hall–Kier alpha value is -9.83. The molecule has 1 aliphatic heterocycles. The predicted octanol–water partition coefficient (Wildman–Crippen LogP) is 2.10. The van der Waals surface area contributed by atoms with Gasteiger partial charge < -0.3 is 93.6 Å². The van der Waals surface area contributed by atoms with E-state index < -0.39 is 143 Å². The van der Waals surface area contributed by atoms with Crippen LogP contribution in [0.4, 0.5) is 0 Å². The van der Waals surface area contributed by atoms with E-state index in [0.717, 1.165) is 11.1 Å². The van der Waals surface area contributed by atoms with Gasteiger partial charge in [0.15, 0.2) is 0 Å². The number of amides is 12. The summed E-state index contributed by atoms with van der Waals surface area (Å²) in [5, 5.41) is 57.7. The minimum Gasteiger partial charge on any atom is -0.508 e. The van der Waals surface area contributed by atoms with E-state index in [0.29, 0.717) is 64.4 Å². The van der Waals surface area contributed by atoms with E-state index in [2.05, 4.69) is 63.1 Å². The van der Waals surface area contributed by atoms with E-state index in [1.54, 1.807) is 78.2 Å². The molecule has 10 atom stereocenters. The molecule has 0 saturated carbocycles. The number of benzene rings is 3. The molecule has 0 bridgehead atoms. The normalized spacial score (nSPS) is 15.9. The molecule has 16 N–H and O–H groups in total. The highest BCUT2D eigenvalue weighted by Crippen LogP contribution is 2.26. The highest BCUT2D eigenvalue weighted by molar-refractivity contribution is 7.98. The quantitative estimate of drug-likeness (QED) is 0.0248. The summed E-state index contributed by atoms with van der Waals surface area (Å²) in [7, 11) is 2.94. The number of nitrogens with two attached hydrogens (primary N) is 1. The molecule has 600 valence electrons. The fourth-order valence-corrected chi connectivity index (χ4v) is 13.9. The van der Waals surface area contributed by atoms with E-state index in [4.69, 9.17) is 15.2 Å². The fourth-order valence-electron chi connectivity index (χ4n) is 12.0. The number of aliphatic hydroxyl groups excluding tert-OH is 1. The minimum absolute atomic E-state index is 0.00783. The summed E-state index contributed by atoms with van der Waals surface area (Å²) in [6.45, 7) is 13.8. The van der Waals surface area contributed by atoms with Crippen LogP contribution < -0.4 is 58.9 Å². The zero-order chi connectivity index (χ0) is 81.0. The van der Waals surface area contributed by atoms with Crippen molar-refractivity contribution < 1.29 is 82.3 Å². The minimum atomic E-state index is -1.91. The summed E-state index contributed by atoms with van der Waals surface area (Å²) in [6, 6.07) is 15.3. The first kappa shape index (κ1) is 89.1. The van der Waals surface area contributed by atoms with Crippen molar-refractivity contribution in [1.29, 1.82) is 0 Å². The number of aliphatic hydroxyl groups is 1. The van der Waals surface area contributed by atoms with Crippen molar-refractivity contribution in [3.8, 4) is 11.5 Å². The number of aromatic hydroxyl groups is 2. The Morgan fingerprint density at radius 3 is 1.88 bits per heavy atom. The number of thioether (sulfide) groups is 2. The van der Waals surface area contributed by atoms with E-state index in [9.17, 15) is 72.9 Å². The second-order valence-electron chi connectivity index (χ2n) is 29.1. The van der Waals surface area contributed by atoms with Gasteiger partial charge in [-0.05, 0) is 116 Å². The van der Waals surface area contributed by atoms with Crippen molar-refractivity contribution in [1.82, 2.24) is 68.0 Å². The average Bonchev–Trinajstić information content (AvgIpc) is 1.50. The Labute approximate surface area is 649 Å². The molecule has 2 aromatic heterocycles. The average molecular weight is 1570 g/mol. The van der Waals surface area contributed by atoms with Crippen LogP contribution in [0.5, 0.6) is 11.5 Å². The number of hydrogen-bond acceptors (Lipinski definition) is 20. The number of pyridine rings is 1. The van der Waals surface area contributed by atoms with Gasteiger partial charge in [0.1, 0.15) is 70.5 Å². The van der Waals surface area contributed by atoms with Gasteiger partial charge in [-0.1, -0.05) is 90.1 Å². The number of hydrogen-bond donors (Lipinski definition) is 15. The number of likely N-dealkylation sites (N-methyl/N-ethyl adjacent to an activating group) is 1. The second-order valence-corrected chi connectivity index (χ2v) is 31.3. The first-order valence-corrected chi connectivity index (χ1v) is 38.9. The Bertz CT molecular complexity index is 3990. The summed E-state index contributed by atoms with van der Waals surface area (Å²) in [5.41, 5.74) is 5.49. The molecule has 5 aromatic rings. The molecular weight excluding hydrogens is 1460 g/mol. The molecule has 0 aliphatic carbocycles. The van der Waals surface area contributed by atoms with E-state index in [-0.39, 0.29) is 80.8 Å². The van der Waals surface area contributed by atoms with Gasteiger partial charge in [-0.2, -0.15) is 23.5 Å². The lowest BCUT2D eigenvalue weighted by Crippen LogP contribution is -2.66. The van der Waals surface area contributed by atoms with Gasteiger partial charge >= 0.3 is 0 Å². The number of aromatic amines is 1. The number of carbonyl (C=O) groups excluding carboxylic acids is 12. The highest BCUT2D eigenvalue weighted by Gasteiger charge is 2.44. The number of H-pyrrole nitrogens is 1. The molecule has 3 heterocycles. The first-order valence-electron chi connectivity index (χ1n) is 36.6. The molecule has 1 unspecified atom stereocenters. The van der Waals surface area contributed by atoms with Gasteiger partial charge in [-0.3, -0.25) is 57.5 Å². The van der Waals surface area contributed by atoms with Crippen LogP contribution in [0, 0.1) is 11.3 Å². The number of nitrogens with zero attached hydrogens (tertiary/aromatic N) is 2. The molecule has 6 rings (SSSR count). The summed E-state index contributed by atoms with van der Waals surface area (Å²) >= 11 is 2.82. The number of ether oxygens (including phenoxy) is 2. The number of carbonyl (C=O) groups is 12. The van der Waals surface area contributed by atoms with Crippen LogP contribution in [0.25, 0.3) is 11.0 Å². The second kappa shape index (κ2) is 42.4. The zero-order valence-corrected chi connectivity index (χ0v) is 65.9. The maximum Gasteiger partial charge on any atom is 0.248 e. The van der Waals surface area contributed by atoms with Crippen molar-refractivity contribution in [3.05, 3.63) is 125 Å². The van der Waals surface area contributed by atoms with Gasteiger partial charge in [0.25, 0.3) is 0 Å². The van der Waals surface area contributed by atoms with Crippen LogP contribution in [0.15, 0.2) is 97.3 Å². The van der Waals surface area contributed by atoms with Gasteiger partial charge in [-0.25, -0.2) is 4.98 Å². The molecule has 12 amide bonds. The third-order valence-corrected chi connectivity index (χ3v) is 20.9. The van der Waals surface area contributed by atoms with Crippen molar-refractivity contribution >= 4 is 105 Å². The van der Waals surface area contributed by atoms with Crippen molar-refractivity contribution in [2.75, 3.05) is 58.6 Å². The Morgan fingerprint density at radius 2 is 1.28 bits per heavy atom. The number of rotatable bonds is 43. The maximum absolute atomic E-state index is 14.6. The number of phenols is 2. The zero-order valence-electron chi connectivity index (χ0n) is 64.3. The third-order valence-electron chi connectivity index (χ3n) is 18.7. The van der Waals surface area contributed by atoms with Crippen LogP contribution >= 0.6 is 23.5 Å². The number of aromatic nitrogens is 2. The molecule has 110 heavy (non-hydrogen) atoms. The Kier molecular flexibility index (Phi) is 34.3. The SMILES string of the molecule is CC[C@H](NC(=O)[C@@](C)(NC(=O)[C@H](Cc1ccc(O)cc1)NC(=O)CNC(=O)C(C)(COCCOC)NC(=O)[C@H](Cc1c[nH]c2ncccc12)NC(=O)C[C@@H](C)O)C(C)C)C(=O)N[C@H](CSCc1cccc(CSCCC(=O)N[C@H](C(=O)N[C@@H](Cc2ccc(O)cc2)C(=O)N2CCC[C@H]2C(=O)NC)C(C)(C)C)c1)C(N)=O. The van der Waals surface area contributed by atoms with Crippen LogP contribution in [-0.2, 0) is 97.8 Å². The molecule has 33 heteroatoms. The monoisotopic (exact) mass is 1560 g/mol.